The van der Waals surface area contributed by atoms with Crippen LogP contribution in [-0.4, -0.2) is 17.9 Å². The maximum Gasteiger partial charge on any atom is 0.190 e. The topological polar surface area (TPSA) is 39.2 Å². The molecule has 2 aromatic rings. The highest BCUT2D eigenvalue weighted by Crippen LogP contribution is 2.33. The number of aromatic nitrogens is 1. The fraction of sp³-hybridized carbons (Fsp3) is 0.176. The molecule has 1 aromatic carbocycles. The number of nitrogens with zero attached hydrogens (tertiary/aromatic N) is 1. The predicted molar refractivity (Wildman–Crippen MR) is 77.9 cm³/mol. The normalized spacial score (nSPS) is 16.0. The van der Waals surface area contributed by atoms with Gasteiger partial charge in [-0.15, -0.1) is 0 Å². The van der Waals surface area contributed by atoms with E-state index < -0.39 is 0 Å². The van der Waals surface area contributed by atoms with Crippen LogP contribution in [0.5, 0.6) is 5.75 Å². The molecule has 0 aliphatic heterocycles. The first-order chi connectivity index (χ1) is 9.70. The van der Waals surface area contributed by atoms with Gasteiger partial charge in [-0.3, -0.25) is 9.78 Å². The van der Waals surface area contributed by atoms with Crippen molar-refractivity contribution < 1.29 is 9.53 Å². The molecule has 1 aliphatic rings. The summed E-state index contributed by atoms with van der Waals surface area (Å²) in [6, 6.07) is 9.55. The van der Waals surface area contributed by atoms with E-state index in [4.69, 9.17) is 4.74 Å². The van der Waals surface area contributed by atoms with Gasteiger partial charge >= 0.3 is 0 Å². The number of hydrogen-bond acceptors (Lipinski definition) is 3. The number of ketones is 1. The maximum atomic E-state index is 12.6. The average Bonchev–Trinajstić information content (AvgIpc) is 2.84. The summed E-state index contributed by atoms with van der Waals surface area (Å²) in [5, 5.41) is 0. The van der Waals surface area contributed by atoms with E-state index in [0.29, 0.717) is 6.42 Å². The van der Waals surface area contributed by atoms with Crippen LogP contribution in [0.3, 0.4) is 0 Å². The number of carbonyl (C=O) groups is 1. The van der Waals surface area contributed by atoms with Gasteiger partial charge in [0.1, 0.15) is 5.75 Å². The van der Waals surface area contributed by atoms with Crippen molar-refractivity contribution in [1.82, 2.24) is 4.98 Å². The van der Waals surface area contributed by atoms with Crippen molar-refractivity contribution in [3.63, 3.8) is 0 Å². The molecule has 3 rings (SSSR count). The third-order valence-electron chi connectivity index (χ3n) is 3.77. The van der Waals surface area contributed by atoms with Gasteiger partial charge in [0.2, 0.25) is 0 Å². The monoisotopic (exact) mass is 265 g/mol. The van der Waals surface area contributed by atoms with Gasteiger partial charge < -0.3 is 4.74 Å². The Bertz CT molecular complexity index is 702. The lowest BCUT2D eigenvalue weighted by Gasteiger charge is -2.04. The molecule has 0 fully saturated rings. The van der Waals surface area contributed by atoms with Crippen molar-refractivity contribution in [3.8, 4) is 5.75 Å². The van der Waals surface area contributed by atoms with Gasteiger partial charge in [-0.25, -0.2) is 0 Å². The molecule has 0 saturated carbocycles. The summed E-state index contributed by atoms with van der Waals surface area (Å²) in [6.07, 6.45) is 4.18. The highest BCUT2D eigenvalue weighted by atomic mass is 16.5. The molecule has 0 unspecified atom stereocenters. The molecule has 0 N–H and O–H groups in total. The van der Waals surface area contributed by atoms with Gasteiger partial charge in [0.15, 0.2) is 5.78 Å². The summed E-state index contributed by atoms with van der Waals surface area (Å²) in [5.74, 6) is 0.827. The van der Waals surface area contributed by atoms with Gasteiger partial charge in [-0.1, -0.05) is 6.07 Å². The summed E-state index contributed by atoms with van der Waals surface area (Å²) in [7, 11) is 1.61. The van der Waals surface area contributed by atoms with Crippen LogP contribution in [0.15, 0.2) is 48.3 Å². The van der Waals surface area contributed by atoms with E-state index in [1.165, 1.54) is 0 Å². The van der Waals surface area contributed by atoms with Crippen molar-refractivity contribution in [2.24, 2.45) is 0 Å². The van der Waals surface area contributed by atoms with Crippen molar-refractivity contribution in [3.05, 3.63) is 65.0 Å². The smallest absolute Gasteiger partial charge is 0.190 e. The van der Waals surface area contributed by atoms with Crippen LogP contribution < -0.4 is 4.74 Å². The lowest BCUT2D eigenvalue weighted by Crippen LogP contribution is -1.99. The first-order valence-electron chi connectivity index (χ1n) is 6.52. The van der Waals surface area contributed by atoms with Crippen LogP contribution in [0.25, 0.3) is 5.57 Å². The third-order valence-corrected chi connectivity index (χ3v) is 3.77. The van der Waals surface area contributed by atoms with Crippen LogP contribution in [0, 0.1) is 0 Å². The molecule has 0 atom stereocenters. The maximum absolute atomic E-state index is 12.6. The van der Waals surface area contributed by atoms with Crippen LogP contribution in [-0.2, 0) is 6.42 Å². The second kappa shape index (κ2) is 4.93. The minimum atomic E-state index is 0.105. The highest BCUT2D eigenvalue weighted by Gasteiger charge is 2.27. The fourth-order valence-corrected chi connectivity index (χ4v) is 2.56. The quantitative estimate of drug-likeness (QED) is 0.782. The number of rotatable bonds is 2. The van der Waals surface area contributed by atoms with Crippen LogP contribution in [0.4, 0.5) is 0 Å². The van der Waals surface area contributed by atoms with Crippen LogP contribution in [0.1, 0.15) is 28.4 Å². The molecule has 20 heavy (non-hydrogen) atoms. The van der Waals surface area contributed by atoms with Gasteiger partial charge in [-0.05, 0) is 47.9 Å². The Labute approximate surface area is 117 Å². The second-order valence-corrected chi connectivity index (χ2v) is 4.87. The number of pyridine rings is 1. The molecule has 3 heteroatoms. The molecular weight excluding hydrogens is 250 g/mol. The number of benzene rings is 1. The van der Waals surface area contributed by atoms with E-state index in [0.717, 1.165) is 33.6 Å². The second-order valence-electron chi connectivity index (χ2n) is 4.87. The first-order valence-corrected chi connectivity index (χ1v) is 6.52. The summed E-state index contributed by atoms with van der Waals surface area (Å²) in [4.78, 5) is 16.6. The number of fused-ring (bicyclic) bond motifs is 1. The number of hydrogen-bond donors (Lipinski definition) is 0. The number of ether oxygens (including phenoxy) is 1. The summed E-state index contributed by atoms with van der Waals surface area (Å²) >= 11 is 0. The summed E-state index contributed by atoms with van der Waals surface area (Å²) in [6.45, 7) is 1.99. The van der Waals surface area contributed by atoms with E-state index in [1.807, 2.05) is 37.3 Å². The van der Waals surface area contributed by atoms with Gasteiger partial charge in [0.05, 0.1) is 7.11 Å². The Morgan fingerprint density at radius 3 is 2.65 bits per heavy atom. The third kappa shape index (κ3) is 2.01. The summed E-state index contributed by atoms with van der Waals surface area (Å²) < 4.78 is 5.19. The Morgan fingerprint density at radius 2 is 1.95 bits per heavy atom. The van der Waals surface area contributed by atoms with Crippen molar-refractivity contribution >= 4 is 11.4 Å². The van der Waals surface area contributed by atoms with Crippen molar-refractivity contribution in [1.29, 1.82) is 0 Å². The molecule has 0 spiro atoms. The lowest BCUT2D eigenvalue weighted by molar-refractivity contribution is 0.104. The van der Waals surface area contributed by atoms with Crippen LogP contribution >= 0.6 is 0 Å². The molecule has 1 aliphatic carbocycles. The molecule has 0 radical (unpaired) electrons. The number of allylic oxidation sites excluding steroid dienone is 2. The zero-order valence-electron chi connectivity index (χ0n) is 11.5. The highest BCUT2D eigenvalue weighted by molar-refractivity contribution is 6.17. The molecule has 1 aromatic heterocycles. The Morgan fingerprint density at radius 1 is 1.20 bits per heavy atom. The van der Waals surface area contributed by atoms with Crippen molar-refractivity contribution in [2.45, 2.75) is 13.3 Å². The molecular formula is C17H15NO2. The van der Waals surface area contributed by atoms with Crippen LogP contribution in [0.2, 0.25) is 0 Å². The lowest BCUT2D eigenvalue weighted by atomic mass is 10.00. The Balaban J connectivity index is 2.05. The molecule has 0 amide bonds. The standard InChI is InChI=1S/C17H15NO2/c1-11(12-5-7-18-8-6-12)15-9-13-3-4-14(20-2)10-16(13)17(15)19/h3-8,10H,9H2,1-2H3/b15-11-. The van der Waals surface area contributed by atoms with Gasteiger partial charge in [0.25, 0.3) is 0 Å². The largest absolute Gasteiger partial charge is 0.497 e. The summed E-state index contributed by atoms with van der Waals surface area (Å²) in [5.41, 5.74) is 4.75. The Hall–Kier alpha value is -2.42. The molecule has 3 nitrogen and oxygen atoms in total. The zero-order chi connectivity index (χ0) is 14.1. The van der Waals surface area contributed by atoms with E-state index in [1.54, 1.807) is 19.5 Å². The fourth-order valence-electron chi connectivity index (χ4n) is 2.56. The minimum Gasteiger partial charge on any atom is -0.497 e. The van der Waals surface area contributed by atoms with Gasteiger partial charge in [-0.2, -0.15) is 0 Å². The van der Waals surface area contributed by atoms with Gasteiger partial charge in [0, 0.05) is 30.0 Å². The molecule has 1 heterocycles. The van der Waals surface area contributed by atoms with E-state index in [2.05, 4.69) is 4.98 Å². The number of methoxy groups -OCH3 is 1. The van der Waals surface area contributed by atoms with E-state index >= 15 is 0 Å². The van der Waals surface area contributed by atoms with E-state index in [9.17, 15) is 4.79 Å². The Kier molecular flexibility index (Phi) is 3.11. The molecule has 0 saturated heterocycles. The number of carbonyl (C=O) groups excluding carboxylic acids is 1. The van der Waals surface area contributed by atoms with Crippen molar-refractivity contribution in [2.75, 3.05) is 7.11 Å². The first kappa shape index (κ1) is 12.6. The number of Topliss-reactive ketones (excluding diaryl/α,β-unsaturated/α-hetero) is 1. The predicted octanol–water partition coefficient (Wildman–Crippen LogP) is 3.30. The van der Waals surface area contributed by atoms with E-state index in [-0.39, 0.29) is 5.78 Å². The molecule has 100 valence electrons. The average molecular weight is 265 g/mol. The zero-order valence-corrected chi connectivity index (χ0v) is 11.5. The molecule has 0 bridgehead atoms. The SMILES string of the molecule is COc1ccc2c(c1)C(=O)/C(=C(/C)c1ccncc1)C2. The minimum absolute atomic E-state index is 0.105.